The van der Waals surface area contributed by atoms with Gasteiger partial charge in [0.25, 0.3) is 0 Å². The van der Waals surface area contributed by atoms with Gasteiger partial charge in [-0.15, -0.1) is 0 Å². The van der Waals surface area contributed by atoms with Gasteiger partial charge in [-0.25, -0.2) is 0 Å². The number of ether oxygens (including phenoxy) is 2. The molecule has 0 amide bonds. The van der Waals surface area contributed by atoms with Crippen LogP contribution in [0.5, 0.6) is 0 Å². The predicted molar refractivity (Wildman–Crippen MR) is 69.0 cm³/mol. The van der Waals surface area contributed by atoms with Crippen LogP contribution in [0.15, 0.2) is 0 Å². The van der Waals surface area contributed by atoms with Gasteiger partial charge in [-0.05, 0) is 13.8 Å². The van der Waals surface area contributed by atoms with Crippen molar-refractivity contribution >= 4 is 0 Å². The van der Waals surface area contributed by atoms with Crippen LogP contribution in [0.25, 0.3) is 0 Å². The van der Waals surface area contributed by atoms with Crippen molar-refractivity contribution in [2.24, 2.45) is 5.73 Å². The number of aliphatic hydroxyl groups is 7. The molecule has 0 aliphatic carbocycles. The summed E-state index contributed by atoms with van der Waals surface area (Å²) in [7, 11) is 0. The molecule has 2 saturated heterocycles. The second-order valence-corrected chi connectivity index (χ2v) is 6.02. The summed E-state index contributed by atoms with van der Waals surface area (Å²) in [5, 5.41) is 69.8. The molecule has 10 nitrogen and oxygen atoms in total. The van der Waals surface area contributed by atoms with E-state index in [-0.39, 0.29) is 0 Å². The minimum Gasteiger partial charge on any atom is -0.388 e. The van der Waals surface area contributed by atoms with Gasteiger partial charge in [0.2, 0.25) is 5.79 Å². The number of aliphatic hydroxyl groups excluding tert-OH is 5. The van der Waals surface area contributed by atoms with Crippen LogP contribution in [0.2, 0.25) is 0 Å². The molecule has 0 spiro atoms. The quantitative estimate of drug-likeness (QED) is 0.218. The van der Waals surface area contributed by atoms with Gasteiger partial charge >= 0.3 is 0 Å². The monoisotopic (exact) mass is 325 g/mol. The number of nitrogens with two attached hydrogens (primary N) is 1. The van der Waals surface area contributed by atoms with Crippen molar-refractivity contribution in [1.82, 2.24) is 0 Å². The molecule has 0 aromatic carbocycles. The molecule has 2 fully saturated rings. The minimum atomic E-state index is -2.65. The summed E-state index contributed by atoms with van der Waals surface area (Å²) in [6, 6.07) is 0. The molecular weight excluding hydrogens is 302 g/mol. The zero-order chi connectivity index (χ0) is 17.0. The van der Waals surface area contributed by atoms with Crippen LogP contribution >= 0.6 is 0 Å². The fourth-order valence-electron chi connectivity index (χ4n) is 2.80. The molecular formula is C12H23NO9. The first kappa shape index (κ1) is 17.9. The molecule has 130 valence electrons. The lowest BCUT2D eigenvalue weighted by Gasteiger charge is -2.54. The molecule has 10 atom stereocenters. The molecule has 0 saturated carbocycles. The third-order valence-corrected chi connectivity index (χ3v) is 4.47. The Hall–Kier alpha value is -0.400. The smallest absolute Gasteiger partial charge is 0.225 e. The molecule has 0 bridgehead atoms. The summed E-state index contributed by atoms with van der Waals surface area (Å²) in [5.74, 6) is -2.65. The van der Waals surface area contributed by atoms with E-state index in [2.05, 4.69) is 0 Å². The van der Waals surface area contributed by atoms with Gasteiger partial charge < -0.3 is 45.2 Å². The number of hydrogen-bond donors (Lipinski definition) is 8. The van der Waals surface area contributed by atoms with Crippen molar-refractivity contribution < 1.29 is 45.2 Å². The molecule has 10 heteroatoms. The Labute approximate surface area is 126 Å². The molecule has 0 radical (unpaired) electrons. The fraction of sp³-hybridized carbons (Fsp3) is 1.00. The zero-order valence-electron chi connectivity index (χ0n) is 12.1. The molecule has 22 heavy (non-hydrogen) atoms. The van der Waals surface area contributed by atoms with Crippen molar-refractivity contribution in [3.63, 3.8) is 0 Å². The Bertz CT molecular complexity index is 421. The first-order valence-corrected chi connectivity index (χ1v) is 6.91. The molecule has 2 aliphatic heterocycles. The lowest BCUT2D eigenvalue weighted by molar-refractivity contribution is -0.415. The normalized spacial score (nSPS) is 60.3. The standard InChI is InChI=1S/C12H23NO9/c1-3-5(14)6(15)7(16)10(21-3)12(20)9(18)8(17)11(13,19)4(2)22-12/h3-10,14-20H,13H2,1-2H3/t3-,4-,5-,6+,7+,8-,9+,10?,11-,12?/m1/s1. The summed E-state index contributed by atoms with van der Waals surface area (Å²) in [4.78, 5) is 0. The van der Waals surface area contributed by atoms with Gasteiger partial charge in [-0.3, -0.25) is 5.73 Å². The fourth-order valence-corrected chi connectivity index (χ4v) is 2.80. The summed E-state index contributed by atoms with van der Waals surface area (Å²) < 4.78 is 10.3. The minimum absolute atomic E-state index is 0.991. The van der Waals surface area contributed by atoms with E-state index in [0.29, 0.717) is 0 Å². The predicted octanol–water partition coefficient (Wildman–Crippen LogP) is -4.67. The third kappa shape index (κ3) is 2.45. The summed E-state index contributed by atoms with van der Waals surface area (Å²) in [5.41, 5.74) is 3.10. The Morgan fingerprint density at radius 3 is 1.95 bits per heavy atom. The van der Waals surface area contributed by atoms with E-state index in [0.717, 1.165) is 0 Å². The van der Waals surface area contributed by atoms with Crippen LogP contribution in [-0.4, -0.2) is 96.1 Å². The Kier molecular flexibility index (Phi) is 4.57. The average Bonchev–Trinajstić information content (AvgIpc) is 2.45. The van der Waals surface area contributed by atoms with Crippen LogP contribution in [0.4, 0.5) is 0 Å². The van der Waals surface area contributed by atoms with E-state index < -0.39 is 60.3 Å². The Balaban J connectivity index is 2.33. The Morgan fingerprint density at radius 2 is 1.41 bits per heavy atom. The van der Waals surface area contributed by atoms with Crippen LogP contribution in [-0.2, 0) is 9.47 Å². The van der Waals surface area contributed by atoms with E-state index in [1.54, 1.807) is 0 Å². The highest BCUT2D eigenvalue weighted by atomic mass is 16.7. The van der Waals surface area contributed by atoms with Gasteiger partial charge in [-0.1, -0.05) is 0 Å². The van der Waals surface area contributed by atoms with Crippen LogP contribution in [0, 0.1) is 0 Å². The van der Waals surface area contributed by atoms with Crippen LogP contribution < -0.4 is 5.73 Å². The second-order valence-electron chi connectivity index (χ2n) is 6.02. The molecule has 2 heterocycles. The van der Waals surface area contributed by atoms with E-state index in [9.17, 15) is 35.7 Å². The average molecular weight is 325 g/mol. The number of hydrogen-bond acceptors (Lipinski definition) is 10. The summed E-state index contributed by atoms with van der Waals surface area (Å²) >= 11 is 0. The van der Waals surface area contributed by atoms with Crippen molar-refractivity contribution in [3.8, 4) is 0 Å². The first-order valence-electron chi connectivity index (χ1n) is 6.91. The van der Waals surface area contributed by atoms with Gasteiger partial charge in [0.15, 0.2) is 5.72 Å². The van der Waals surface area contributed by atoms with Gasteiger partial charge in [-0.2, -0.15) is 0 Å². The van der Waals surface area contributed by atoms with E-state index >= 15 is 0 Å². The van der Waals surface area contributed by atoms with Crippen molar-refractivity contribution in [1.29, 1.82) is 0 Å². The van der Waals surface area contributed by atoms with Gasteiger partial charge in [0.1, 0.15) is 42.7 Å². The van der Waals surface area contributed by atoms with Crippen molar-refractivity contribution in [2.75, 3.05) is 0 Å². The maximum Gasteiger partial charge on any atom is 0.225 e. The molecule has 2 aliphatic rings. The molecule has 2 unspecified atom stereocenters. The topological polar surface area (TPSA) is 186 Å². The van der Waals surface area contributed by atoms with E-state index in [4.69, 9.17) is 15.2 Å². The lowest BCUT2D eigenvalue weighted by atomic mass is 9.81. The summed E-state index contributed by atoms with van der Waals surface area (Å²) in [6.07, 6.45) is -13.0. The highest BCUT2D eigenvalue weighted by molar-refractivity contribution is 5.08. The zero-order valence-corrected chi connectivity index (χ0v) is 12.1. The van der Waals surface area contributed by atoms with Crippen molar-refractivity contribution in [2.45, 2.75) is 74.2 Å². The maximum atomic E-state index is 10.6. The van der Waals surface area contributed by atoms with Crippen LogP contribution in [0.3, 0.4) is 0 Å². The highest BCUT2D eigenvalue weighted by Crippen LogP contribution is 2.39. The third-order valence-electron chi connectivity index (χ3n) is 4.47. The molecule has 9 N–H and O–H groups in total. The SMILES string of the molecule is C[C@H]1OC(C2(O)O[C@H](C)[C@@](N)(O)[C@H](O)[C@@H]2O)[C@@H](O)[C@@H](O)[C@@H]1O. The second kappa shape index (κ2) is 5.60. The van der Waals surface area contributed by atoms with Crippen molar-refractivity contribution in [3.05, 3.63) is 0 Å². The molecule has 2 rings (SSSR count). The van der Waals surface area contributed by atoms with E-state index in [1.807, 2.05) is 0 Å². The first-order chi connectivity index (χ1) is 9.94. The van der Waals surface area contributed by atoms with Crippen LogP contribution in [0.1, 0.15) is 13.8 Å². The van der Waals surface area contributed by atoms with E-state index in [1.165, 1.54) is 13.8 Å². The lowest BCUT2D eigenvalue weighted by Crippen LogP contribution is -2.79. The molecule has 0 aromatic heterocycles. The largest absolute Gasteiger partial charge is 0.388 e. The van der Waals surface area contributed by atoms with Gasteiger partial charge in [0.05, 0.1) is 6.10 Å². The maximum absolute atomic E-state index is 10.6. The number of rotatable bonds is 1. The Morgan fingerprint density at radius 1 is 0.864 bits per heavy atom. The summed E-state index contributed by atoms with van der Waals surface area (Å²) in [6.45, 7) is 2.62. The molecule has 0 aromatic rings. The highest BCUT2D eigenvalue weighted by Gasteiger charge is 2.64. The van der Waals surface area contributed by atoms with Gasteiger partial charge in [0, 0.05) is 0 Å².